The zero-order chi connectivity index (χ0) is 32.8. The molecule has 10 heteroatoms. The van der Waals surface area contributed by atoms with Crippen molar-refractivity contribution >= 4 is 63.6 Å². The van der Waals surface area contributed by atoms with Gasteiger partial charge in [0, 0.05) is 16.1 Å². The summed E-state index contributed by atoms with van der Waals surface area (Å²) in [7, 11) is 1.52. The molecule has 0 amide bonds. The molecule has 1 heterocycles. The first-order chi connectivity index (χ1) is 22.2. The van der Waals surface area contributed by atoms with E-state index in [1.807, 2.05) is 30.3 Å². The molecule has 232 valence electrons. The Morgan fingerprint density at radius 1 is 0.935 bits per heavy atom. The third kappa shape index (κ3) is 7.22. The molecule has 0 radical (unpaired) electrons. The zero-order valence-electron chi connectivity index (χ0n) is 24.9. The van der Waals surface area contributed by atoms with Crippen LogP contribution in [-0.2, 0) is 13.0 Å². The zero-order valence-corrected chi connectivity index (χ0v) is 27.9. The lowest BCUT2D eigenvalue weighted by molar-refractivity contribution is 0.105. The molecule has 5 aromatic rings. The summed E-state index contributed by atoms with van der Waals surface area (Å²) >= 11 is 19.8. The van der Waals surface area contributed by atoms with Crippen LogP contribution in [0.15, 0.2) is 89.7 Å². The van der Waals surface area contributed by atoms with Crippen molar-refractivity contribution in [3.63, 3.8) is 0 Å². The van der Waals surface area contributed by atoms with Crippen LogP contribution in [-0.4, -0.2) is 17.5 Å². The van der Waals surface area contributed by atoms with E-state index < -0.39 is 11.3 Å². The Hall–Kier alpha value is -4.32. The maximum absolute atomic E-state index is 14.0. The first-order valence-electron chi connectivity index (χ1n) is 14.2. The summed E-state index contributed by atoms with van der Waals surface area (Å²) in [6, 6.07) is 26.6. The summed E-state index contributed by atoms with van der Waals surface area (Å²) in [6.07, 6.45) is 3.52. The van der Waals surface area contributed by atoms with Gasteiger partial charge in [-0.3, -0.25) is 14.2 Å². The number of hydrogen-bond acceptors (Lipinski definition) is 6. The minimum absolute atomic E-state index is 0.169. The van der Waals surface area contributed by atoms with Gasteiger partial charge in [0.05, 0.1) is 27.4 Å². The molecule has 6 nitrogen and oxygen atoms in total. The number of hydrogen-bond donors (Lipinski definition) is 0. The molecular formula is C36H27Cl3N2O4S. The van der Waals surface area contributed by atoms with Crippen molar-refractivity contribution in [3.8, 4) is 23.3 Å². The highest BCUT2D eigenvalue weighted by Gasteiger charge is 2.19. The van der Waals surface area contributed by atoms with Crippen molar-refractivity contribution in [2.24, 2.45) is 0 Å². The van der Waals surface area contributed by atoms with Crippen molar-refractivity contribution in [3.05, 3.63) is 142 Å². The van der Waals surface area contributed by atoms with E-state index in [-0.39, 0.29) is 26.4 Å². The second-order valence-electron chi connectivity index (χ2n) is 10.2. The van der Waals surface area contributed by atoms with Gasteiger partial charge in [-0.2, -0.15) is 5.26 Å². The fourth-order valence-electron chi connectivity index (χ4n) is 4.78. The molecule has 0 saturated heterocycles. The van der Waals surface area contributed by atoms with Gasteiger partial charge in [0.1, 0.15) is 22.9 Å². The molecule has 0 N–H and O–H groups in total. The maximum atomic E-state index is 14.0. The Morgan fingerprint density at radius 3 is 2.37 bits per heavy atom. The molecular weight excluding hydrogens is 663 g/mol. The summed E-state index contributed by atoms with van der Waals surface area (Å²) < 4.78 is 13.3. The Morgan fingerprint density at radius 2 is 1.70 bits per heavy atom. The summed E-state index contributed by atoms with van der Waals surface area (Å²) in [5.41, 5.74) is 2.67. The minimum Gasteiger partial charge on any atom is -0.493 e. The van der Waals surface area contributed by atoms with Gasteiger partial charge in [0.25, 0.3) is 5.56 Å². The largest absolute Gasteiger partial charge is 0.493 e. The first-order valence-corrected chi connectivity index (χ1v) is 16.2. The van der Waals surface area contributed by atoms with E-state index in [0.29, 0.717) is 38.4 Å². The molecule has 0 atom stereocenters. The van der Waals surface area contributed by atoms with Crippen LogP contribution in [0.5, 0.6) is 11.5 Å². The molecule has 5 rings (SSSR count). The van der Waals surface area contributed by atoms with E-state index in [4.69, 9.17) is 44.3 Å². The number of nitrogens with zero attached hydrogens (tertiary/aromatic N) is 2. The van der Waals surface area contributed by atoms with E-state index in [2.05, 4.69) is 13.0 Å². The van der Waals surface area contributed by atoms with Crippen LogP contribution in [0.1, 0.15) is 40.4 Å². The smallest absolute Gasteiger partial charge is 0.273 e. The van der Waals surface area contributed by atoms with Crippen LogP contribution in [0.25, 0.3) is 17.3 Å². The number of ether oxygens (including phenoxy) is 2. The monoisotopic (exact) mass is 688 g/mol. The fraction of sp³-hybridized carbons (Fsp3) is 0.139. The summed E-state index contributed by atoms with van der Waals surface area (Å²) in [5, 5.41) is 11.4. The van der Waals surface area contributed by atoms with E-state index >= 15 is 0 Å². The molecule has 46 heavy (non-hydrogen) atoms. The lowest BCUT2D eigenvalue weighted by atomic mass is 10.0. The number of carbonyl (C=O) groups is 1. The van der Waals surface area contributed by atoms with Crippen molar-refractivity contribution in [1.29, 1.82) is 5.26 Å². The van der Waals surface area contributed by atoms with Crippen LogP contribution < -0.4 is 24.2 Å². The highest BCUT2D eigenvalue weighted by molar-refractivity contribution is 7.07. The normalized spacial score (nSPS) is 12.0. The minimum atomic E-state index is -0.492. The second-order valence-corrected chi connectivity index (χ2v) is 12.5. The lowest BCUT2D eigenvalue weighted by Gasteiger charge is -2.12. The number of aryl methyl sites for hydroxylation is 1. The lowest BCUT2D eigenvalue weighted by Crippen LogP contribution is -2.31. The Kier molecular flexibility index (Phi) is 10.7. The number of methoxy groups -OCH3 is 1. The Bertz CT molecular complexity index is 2150. The predicted octanol–water partition coefficient (Wildman–Crippen LogP) is 7.79. The van der Waals surface area contributed by atoms with Gasteiger partial charge in [-0.25, -0.2) is 0 Å². The van der Waals surface area contributed by atoms with Crippen molar-refractivity contribution < 1.29 is 14.3 Å². The number of thiazole rings is 1. The van der Waals surface area contributed by atoms with Crippen molar-refractivity contribution in [2.75, 3.05) is 7.11 Å². The van der Waals surface area contributed by atoms with Crippen LogP contribution in [0.2, 0.25) is 15.1 Å². The number of carbonyl (C=O) groups excluding carboxylic acids is 1. The number of Topliss-reactive ketones (excluding diaryl/α,β-unsaturated/α-hetero) is 1. The number of rotatable bonds is 10. The van der Waals surface area contributed by atoms with Gasteiger partial charge >= 0.3 is 0 Å². The van der Waals surface area contributed by atoms with Gasteiger partial charge in [-0.15, -0.1) is 11.3 Å². The summed E-state index contributed by atoms with van der Waals surface area (Å²) in [6.45, 7) is 2.32. The van der Waals surface area contributed by atoms with Crippen LogP contribution in [0.4, 0.5) is 0 Å². The average Bonchev–Trinajstić information content (AvgIpc) is 3.37. The third-order valence-corrected chi connectivity index (χ3v) is 9.32. The molecule has 0 fully saturated rings. The van der Waals surface area contributed by atoms with Crippen LogP contribution in [0.3, 0.4) is 0 Å². The van der Waals surface area contributed by atoms with E-state index in [0.717, 1.165) is 35.3 Å². The van der Waals surface area contributed by atoms with Gasteiger partial charge in [0.2, 0.25) is 5.78 Å². The van der Waals surface area contributed by atoms with E-state index in [1.165, 1.54) is 17.7 Å². The standard InChI is InChI=1S/C36H27Cl3N2O4S/c1-3-6-22-9-12-24(13-10-22)34(42)27(20-40)36-41(26-14-15-29(38)30(39)19-26)35(43)33(46-36)18-23-11-16-31(32(17-23)44-2)45-21-25-7-4-5-8-28(25)37/h4-5,7-19H,3,6,21H2,1-2H3/b33-18+,36-27-. The number of ketones is 1. The van der Waals surface area contributed by atoms with Crippen molar-refractivity contribution in [1.82, 2.24) is 4.57 Å². The molecule has 0 aliphatic carbocycles. The van der Waals surface area contributed by atoms with Crippen molar-refractivity contribution in [2.45, 2.75) is 26.4 Å². The molecule has 0 aliphatic heterocycles. The highest BCUT2D eigenvalue weighted by atomic mass is 35.5. The van der Waals surface area contributed by atoms with Gasteiger partial charge < -0.3 is 9.47 Å². The molecule has 0 spiro atoms. The third-order valence-electron chi connectivity index (χ3n) is 7.12. The first kappa shape index (κ1) is 33.1. The predicted molar refractivity (Wildman–Crippen MR) is 185 cm³/mol. The SMILES string of the molecule is CCCc1ccc(C(=O)/C(C#N)=c2\s/c(=C/c3ccc(OCc4ccccc4Cl)c(OC)c3)c(=O)n2-c2ccc(Cl)c(Cl)c2)cc1. The van der Waals surface area contributed by atoms with E-state index in [9.17, 15) is 14.9 Å². The summed E-state index contributed by atoms with van der Waals surface area (Å²) in [5.74, 6) is 0.456. The topological polar surface area (TPSA) is 81.3 Å². The number of nitriles is 1. The number of aromatic nitrogens is 1. The summed E-state index contributed by atoms with van der Waals surface area (Å²) in [4.78, 5) is 27.6. The van der Waals surface area contributed by atoms with Crippen LogP contribution in [0, 0.1) is 11.3 Å². The molecule has 0 saturated carbocycles. The molecule has 1 aromatic heterocycles. The number of benzene rings is 4. The Balaban J connectivity index is 1.63. The fourth-order valence-corrected chi connectivity index (χ4v) is 6.36. The van der Waals surface area contributed by atoms with Gasteiger partial charge in [-0.05, 0) is 60.0 Å². The quantitative estimate of drug-likeness (QED) is 0.140. The maximum Gasteiger partial charge on any atom is 0.273 e. The second kappa shape index (κ2) is 14.8. The Labute approximate surface area is 284 Å². The molecule has 0 unspecified atom stereocenters. The van der Waals surface area contributed by atoms with Gasteiger partial charge in [-0.1, -0.05) is 96.7 Å². The molecule has 4 aromatic carbocycles. The molecule has 0 aliphatic rings. The molecule has 0 bridgehead atoms. The van der Waals surface area contributed by atoms with Gasteiger partial charge in [0.15, 0.2) is 11.5 Å². The highest BCUT2D eigenvalue weighted by Crippen LogP contribution is 2.30. The average molecular weight is 690 g/mol. The number of halogens is 3. The van der Waals surface area contributed by atoms with E-state index in [1.54, 1.807) is 54.6 Å². The van der Waals surface area contributed by atoms with Crippen LogP contribution >= 0.6 is 46.1 Å².